The van der Waals surface area contributed by atoms with E-state index in [2.05, 4.69) is 5.32 Å². The van der Waals surface area contributed by atoms with Crippen LogP contribution in [0, 0.1) is 0 Å². The fourth-order valence-electron chi connectivity index (χ4n) is 4.12. The molecule has 1 N–H and O–H groups in total. The molecule has 1 aliphatic rings. The van der Waals surface area contributed by atoms with Crippen LogP contribution in [0.3, 0.4) is 0 Å². The van der Waals surface area contributed by atoms with Gasteiger partial charge >= 0.3 is 6.18 Å². The summed E-state index contributed by atoms with van der Waals surface area (Å²) in [6, 6.07) is 21.2. The lowest BCUT2D eigenvalue weighted by Crippen LogP contribution is -2.62. The minimum absolute atomic E-state index is 0.0144. The minimum Gasteiger partial charge on any atom is -0.350 e. The van der Waals surface area contributed by atoms with Gasteiger partial charge in [0.25, 0.3) is 5.91 Å². The molecule has 0 unspecified atom stereocenters. The van der Waals surface area contributed by atoms with Gasteiger partial charge in [0.05, 0.1) is 5.56 Å². The number of carbonyl (C=O) groups excluding carboxylic acids is 2. The molecule has 0 radical (unpaired) electrons. The van der Waals surface area contributed by atoms with Crippen LogP contribution in [-0.2, 0) is 30.5 Å². The number of hydrogen-bond donors (Lipinski definition) is 1. The van der Waals surface area contributed by atoms with Crippen molar-refractivity contribution < 1.29 is 22.8 Å². The number of nitrogens with zero attached hydrogens (tertiary/aromatic N) is 1. The Balaban J connectivity index is 1.63. The van der Waals surface area contributed by atoms with Crippen molar-refractivity contribution in [1.29, 1.82) is 0 Å². The lowest BCUT2D eigenvalue weighted by atomic mass is 9.82. The van der Waals surface area contributed by atoms with E-state index in [1.54, 1.807) is 19.1 Å². The summed E-state index contributed by atoms with van der Waals surface area (Å²) in [5.41, 5.74) is 0.735. The Labute approximate surface area is 190 Å². The Bertz CT molecular complexity index is 1160. The second-order valence-corrected chi connectivity index (χ2v) is 8.36. The molecule has 4 rings (SSSR count). The standard InChI is InChI=1S/C26H23F3N2O2/c1-25(24(33)30-16-18-7-3-2-4-8-18)15-20-9-5-6-10-22(20)23(32)31(25)17-19-11-13-21(14-12-19)26(27,28)29/h2-14H,15-17H2,1H3,(H,30,33)/t25-/m1/s1. The highest BCUT2D eigenvalue weighted by Gasteiger charge is 2.46. The highest BCUT2D eigenvalue weighted by Crippen LogP contribution is 2.34. The number of hydrogen-bond acceptors (Lipinski definition) is 2. The van der Waals surface area contributed by atoms with Gasteiger partial charge in [0, 0.05) is 25.1 Å². The van der Waals surface area contributed by atoms with Crippen LogP contribution in [0.15, 0.2) is 78.9 Å². The van der Waals surface area contributed by atoms with Crippen LogP contribution >= 0.6 is 0 Å². The molecule has 1 heterocycles. The summed E-state index contributed by atoms with van der Waals surface area (Å²) in [6.45, 7) is 2.02. The van der Waals surface area contributed by atoms with E-state index in [1.165, 1.54) is 17.0 Å². The Morgan fingerprint density at radius 1 is 0.939 bits per heavy atom. The van der Waals surface area contributed by atoms with Crippen molar-refractivity contribution >= 4 is 11.8 Å². The summed E-state index contributed by atoms with van der Waals surface area (Å²) in [5.74, 6) is -0.643. The number of fused-ring (bicyclic) bond motifs is 1. The molecule has 2 amide bonds. The van der Waals surface area contributed by atoms with Crippen LogP contribution in [0.1, 0.15) is 39.5 Å². The lowest BCUT2D eigenvalue weighted by Gasteiger charge is -2.44. The van der Waals surface area contributed by atoms with Gasteiger partial charge < -0.3 is 10.2 Å². The van der Waals surface area contributed by atoms with Gasteiger partial charge in [0.2, 0.25) is 5.91 Å². The van der Waals surface area contributed by atoms with Gasteiger partial charge in [-0.2, -0.15) is 13.2 Å². The fraction of sp³-hybridized carbons (Fsp3) is 0.231. The van der Waals surface area contributed by atoms with E-state index in [0.717, 1.165) is 23.3 Å². The zero-order valence-corrected chi connectivity index (χ0v) is 18.0. The van der Waals surface area contributed by atoms with Gasteiger partial charge in [-0.15, -0.1) is 0 Å². The first kappa shape index (κ1) is 22.6. The van der Waals surface area contributed by atoms with Crippen molar-refractivity contribution in [2.75, 3.05) is 0 Å². The molecule has 0 saturated heterocycles. The maximum Gasteiger partial charge on any atom is 0.416 e. The molecule has 170 valence electrons. The molecule has 0 saturated carbocycles. The number of nitrogens with one attached hydrogen (secondary N) is 1. The normalized spacial score (nSPS) is 18.1. The molecular weight excluding hydrogens is 429 g/mol. The highest BCUT2D eigenvalue weighted by molar-refractivity contribution is 6.02. The Hall–Kier alpha value is -3.61. The quantitative estimate of drug-likeness (QED) is 0.594. The number of carbonyl (C=O) groups is 2. The summed E-state index contributed by atoms with van der Waals surface area (Å²) in [4.78, 5) is 28.2. The average Bonchev–Trinajstić information content (AvgIpc) is 2.80. The van der Waals surface area contributed by atoms with Gasteiger partial charge in [-0.3, -0.25) is 9.59 Å². The third-order valence-electron chi connectivity index (χ3n) is 6.03. The topological polar surface area (TPSA) is 49.4 Å². The summed E-state index contributed by atoms with van der Waals surface area (Å²) < 4.78 is 38.8. The van der Waals surface area contributed by atoms with E-state index in [-0.39, 0.29) is 18.4 Å². The highest BCUT2D eigenvalue weighted by atomic mass is 19.4. The maximum absolute atomic E-state index is 13.4. The zero-order valence-electron chi connectivity index (χ0n) is 18.0. The molecule has 1 atom stereocenters. The Kier molecular flexibility index (Phi) is 5.97. The molecule has 7 heteroatoms. The van der Waals surface area contributed by atoms with Crippen molar-refractivity contribution in [3.63, 3.8) is 0 Å². The zero-order chi connectivity index (χ0) is 23.6. The molecule has 3 aromatic carbocycles. The average molecular weight is 452 g/mol. The molecule has 0 aromatic heterocycles. The third-order valence-corrected chi connectivity index (χ3v) is 6.03. The summed E-state index contributed by atoms with van der Waals surface area (Å²) in [6.07, 6.45) is -4.14. The number of rotatable bonds is 5. The van der Waals surface area contributed by atoms with Crippen molar-refractivity contribution in [3.05, 3.63) is 107 Å². The molecule has 0 spiro atoms. The summed E-state index contributed by atoms with van der Waals surface area (Å²) in [5, 5.41) is 2.92. The summed E-state index contributed by atoms with van der Waals surface area (Å²) in [7, 11) is 0. The number of alkyl halides is 3. The van der Waals surface area contributed by atoms with Crippen molar-refractivity contribution in [1.82, 2.24) is 10.2 Å². The Morgan fingerprint density at radius 3 is 2.24 bits per heavy atom. The van der Waals surface area contributed by atoms with Crippen molar-refractivity contribution in [2.45, 2.75) is 38.1 Å². The molecule has 0 aliphatic carbocycles. The van der Waals surface area contributed by atoms with E-state index in [0.29, 0.717) is 24.1 Å². The summed E-state index contributed by atoms with van der Waals surface area (Å²) >= 11 is 0. The first-order valence-electron chi connectivity index (χ1n) is 10.6. The smallest absolute Gasteiger partial charge is 0.350 e. The minimum atomic E-state index is -4.44. The number of benzene rings is 3. The van der Waals surface area contributed by atoms with E-state index in [1.807, 2.05) is 42.5 Å². The van der Waals surface area contributed by atoms with Gasteiger partial charge in [-0.05, 0) is 41.8 Å². The van der Waals surface area contributed by atoms with Crippen molar-refractivity contribution in [2.24, 2.45) is 0 Å². The van der Waals surface area contributed by atoms with Crippen LogP contribution in [0.4, 0.5) is 13.2 Å². The van der Waals surface area contributed by atoms with Crippen LogP contribution in [0.25, 0.3) is 0 Å². The first-order valence-corrected chi connectivity index (χ1v) is 10.6. The molecule has 1 aliphatic heterocycles. The van der Waals surface area contributed by atoms with E-state index < -0.39 is 17.3 Å². The van der Waals surface area contributed by atoms with E-state index in [9.17, 15) is 22.8 Å². The second kappa shape index (κ2) is 8.73. The van der Waals surface area contributed by atoms with Crippen molar-refractivity contribution in [3.8, 4) is 0 Å². The molecule has 3 aromatic rings. The van der Waals surface area contributed by atoms with Gasteiger partial charge in [-0.1, -0.05) is 60.7 Å². The molecule has 33 heavy (non-hydrogen) atoms. The lowest BCUT2D eigenvalue weighted by molar-refractivity contribution is -0.137. The fourth-order valence-corrected chi connectivity index (χ4v) is 4.12. The molecule has 0 fully saturated rings. The maximum atomic E-state index is 13.4. The van der Waals surface area contributed by atoms with Gasteiger partial charge in [-0.25, -0.2) is 0 Å². The number of halogens is 3. The first-order chi connectivity index (χ1) is 15.7. The van der Waals surface area contributed by atoms with E-state index >= 15 is 0 Å². The number of amides is 2. The monoisotopic (exact) mass is 452 g/mol. The predicted octanol–water partition coefficient (Wildman–Crippen LogP) is 4.98. The largest absolute Gasteiger partial charge is 0.416 e. The molecular formula is C26H23F3N2O2. The molecule has 4 nitrogen and oxygen atoms in total. The van der Waals surface area contributed by atoms with Crippen LogP contribution in [0.2, 0.25) is 0 Å². The van der Waals surface area contributed by atoms with Crippen LogP contribution in [-0.4, -0.2) is 22.3 Å². The Morgan fingerprint density at radius 2 is 1.58 bits per heavy atom. The SMILES string of the molecule is C[C@]1(C(=O)NCc2ccccc2)Cc2ccccc2C(=O)N1Cc1ccc(C(F)(F)F)cc1. The second-order valence-electron chi connectivity index (χ2n) is 8.36. The van der Waals surface area contributed by atoms with Crippen LogP contribution < -0.4 is 5.32 Å². The van der Waals surface area contributed by atoms with E-state index in [4.69, 9.17) is 0 Å². The molecule has 0 bridgehead atoms. The third kappa shape index (κ3) is 4.62. The predicted molar refractivity (Wildman–Crippen MR) is 118 cm³/mol. The van der Waals surface area contributed by atoms with Gasteiger partial charge in [0.1, 0.15) is 5.54 Å². The van der Waals surface area contributed by atoms with Crippen LogP contribution in [0.5, 0.6) is 0 Å². The van der Waals surface area contributed by atoms with Gasteiger partial charge in [0.15, 0.2) is 0 Å².